The molecule has 0 bridgehead atoms. The molecule has 0 aromatic carbocycles. The van der Waals surface area contributed by atoms with Crippen molar-refractivity contribution < 1.29 is 57.2 Å². The molecule has 0 aromatic rings. The highest BCUT2D eigenvalue weighted by Gasteiger charge is 2.61. The molecular weight excluding hydrogens is 576 g/mol. The fourth-order valence-corrected chi connectivity index (χ4v) is 8.64. The predicted molar refractivity (Wildman–Crippen MR) is 149 cm³/mol. The molecule has 4 aliphatic carbocycles. The third-order valence-electron chi connectivity index (χ3n) is 10.8. The van der Waals surface area contributed by atoms with Gasteiger partial charge < -0.3 is 28.4 Å². The van der Waals surface area contributed by atoms with Crippen molar-refractivity contribution in [1.82, 2.24) is 0 Å². The molecule has 0 N–H and O–H groups in total. The van der Waals surface area contributed by atoms with Crippen LogP contribution in [0.15, 0.2) is 11.6 Å². The van der Waals surface area contributed by atoms with E-state index < -0.39 is 66.1 Å². The summed E-state index contributed by atoms with van der Waals surface area (Å²) in [6.45, 7) is 7.63. The number of Topliss-reactive ketones (excluding diaryl/α,β-unsaturated/α-hetero) is 1. The highest BCUT2D eigenvalue weighted by Crippen LogP contribution is 2.63. The monoisotopic (exact) mass is 618 g/mol. The number of methoxy groups -OCH3 is 1. The van der Waals surface area contributed by atoms with Gasteiger partial charge in [0.1, 0.15) is 5.78 Å². The van der Waals surface area contributed by atoms with Gasteiger partial charge in [-0.05, 0) is 61.9 Å². The van der Waals surface area contributed by atoms with Gasteiger partial charge in [0.05, 0.1) is 13.2 Å². The maximum atomic E-state index is 13.7. The lowest BCUT2D eigenvalue weighted by Gasteiger charge is -2.56. The topological polar surface area (TPSA) is 158 Å². The molecule has 44 heavy (non-hydrogen) atoms. The van der Waals surface area contributed by atoms with E-state index in [4.69, 9.17) is 28.4 Å². The summed E-state index contributed by atoms with van der Waals surface area (Å²) in [6, 6.07) is 0. The summed E-state index contributed by atoms with van der Waals surface area (Å²) in [6.07, 6.45) is -1.41. The van der Waals surface area contributed by atoms with Crippen LogP contribution in [0.2, 0.25) is 0 Å². The number of ether oxygens (including phenoxy) is 6. The van der Waals surface area contributed by atoms with Crippen LogP contribution in [0.4, 0.5) is 0 Å². The first-order valence-electron chi connectivity index (χ1n) is 15.4. The van der Waals surface area contributed by atoms with Crippen LogP contribution < -0.4 is 0 Å². The summed E-state index contributed by atoms with van der Waals surface area (Å²) in [7, 11) is 1.13. The zero-order valence-electron chi connectivity index (χ0n) is 26.1. The van der Waals surface area contributed by atoms with E-state index >= 15 is 0 Å². The third-order valence-corrected chi connectivity index (χ3v) is 10.8. The van der Waals surface area contributed by atoms with Crippen LogP contribution in [0.5, 0.6) is 0 Å². The van der Waals surface area contributed by atoms with Gasteiger partial charge in [0, 0.05) is 38.5 Å². The van der Waals surface area contributed by atoms with Gasteiger partial charge in [0.25, 0.3) is 0 Å². The molecule has 0 amide bonds. The van der Waals surface area contributed by atoms with Crippen molar-refractivity contribution in [3.63, 3.8) is 0 Å². The molecule has 4 unspecified atom stereocenters. The molecule has 1 heterocycles. The highest BCUT2D eigenvalue weighted by atomic mass is 16.7. The maximum absolute atomic E-state index is 13.7. The molecule has 3 saturated carbocycles. The smallest absolute Gasteiger partial charge is 0.339 e. The van der Waals surface area contributed by atoms with Crippen molar-refractivity contribution in [2.75, 3.05) is 7.11 Å². The maximum Gasteiger partial charge on any atom is 0.339 e. The second-order valence-corrected chi connectivity index (χ2v) is 13.3. The first-order chi connectivity index (χ1) is 20.7. The van der Waals surface area contributed by atoms with Gasteiger partial charge in [-0.15, -0.1) is 0 Å². The second-order valence-electron chi connectivity index (χ2n) is 13.3. The van der Waals surface area contributed by atoms with Gasteiger partial charge in [-0.1, -0.05) is 19.4 Å². The Morgan fingerprint density at radius 1 is 0.818 bits per heavy atom. The third kappa shape index (κ3) is 5.59. The Bertz CT molecular complexity index is 1270. The van der Waals surface area contributed by atoms with Gasteiger partial charge in [0.15, 0.2) is 36.5 Å². The fraction of sp³-hybridized carbons (Fsp3) is 0.750. The van der Waals surface area contributed by atoms with Gasteiger partial charge in [0.2, 0.25) is 0 Å². The minimum absolute atomic E-state index is 0.0589. The number of rotatable bonds is 6. The molecule has 12 nitrogen and oxygen atoms in total. The van der Waals surface area contributed by atoms with Crippen LogP contribution in [-0.2, 0) is 57.2 Å². The van der Waals surface area contributed by atoms with Crippen LogP contribution in [0.25, 0.3) is 0 Å². The van der Waals surface area contributed by atoms with Crippen molar-refractivity contribution in [1.29, 1.82) is 0 Å². The summed E-state index contributed by atoms with van der Waals surface area (Å²) in [5, 5.41) is 0. The largest absolute Gasteiger partial charge is 0.467 e. The van der Waals surface area contributed by atoms with E-state index in [0.29, 0.717) is 25.7 Å². The van der Waals surface area contributed by atoms with E-state index in [0.717, 1.165) is 52.7 Å². The number of allylic oxidation sites excluding steroid dienone is 1. The summed E-state index contributed by atoms with van der Waals surface area (Å²) in [5.41, 5.74) is 0.289. The number of esters is 4. The average molecular weight is 619 g/mol. The molecule has 0 radical (unpaired) electrons. The lowest BCUT2D eigenvalue weighted by molar-refractivity contribution is -0.312. The minimum Gasteiger partial charge on any atom is -0.467 e. The summed E-state index contributed by atoms with van der Waals surface area (Å²) in [4.78, 5) is 75.4. The minimum atomic E-state index is -1.54. The van der Waals surface area contributed by atoms with Crippen LogP contribution in [0.3, 0.4) is 0 Å². The normalized spacial score (nSPS) is 41.3. The first-order valence-corrected chi connectivity index (χ1v) is 15.4. The molecule has 1 saturated heterocycles. The Morgan fingerprint density at radius 2 is 1.41 bits per heavy atom. The number of hydrogen-bond donors (Lipinski definition) is 0. The molecule has 11 atom stereocenters. The van der Waals surface area contributed by atoms with Crippen molar-refractivity contribution in [3.05, 3.63) is 11.6 Å². The average Bonchev–Trinajstić information content (AvgIpc) is 3.25. The van der Waals surface area contributed by atoms with E-state index in [2.05, 4.69) is 6.92 Å². The Hall–Kier alpha value is -3.12. The summed E-state index contributed by atoms with van der Waals surface area (Å²) < 4.78 is 33.5. The Kier molecular flexibility index (Phi) is 8.80. The van der Waals surface area contributed by atoms with Crippen LogP contribution in [0, 0.1) is 28.6 Å². The molecule has 5 rings (SSSR count). The molecule has 0 spiro atoms. The lowest BCUT2D eigenvalue weighted by atomic mass is 9.48. The van der Waals surface area contributed by atoms with E-state index in [1.54, 1.807) is 6.08 Å². The van der Waals surface area contributed by atoms with Crippen molar-refractivity contribution in [2.45, 2.75) is 116 Å². The molecule has 0 aromatic heterocycles. The highest BCUT2D eigenvalue weighted by molar-refractivity contribution is 5.96. The van der Waals surface area contributed by atoms with Gasteiger partial charge in [-0.2, -0.15) is 0 Å². The van der Waals surface area contributed by atoms with Gasteiger partial charge >= 0.3 is 23.9 Å². The van der Waals surface area contributed by atoms with Crippen molar-refractivity contribution in [2.24, 2.45) is 28.6 Å². The zero-order chi connectivity index (χ0) is 32.1. The molecule has 242 valence electrons. The summed E-state index contributed by atoms with van der Waals surface area (Å²) in [5.74, 6) is -2.85. The molecule has 5 aliphatic rings. The number of carbonyl (C=O) groups is 6. The van der Waals surface area contributed by atoms with E-state index in [1.165, 1.54) is 0 Å². The Balaban J connectivity index is 1.41. The zero-order valence-corrected chi connectivity index (χ0v) is 26.1. The number of fused-ring (bicyclic) bond motifs is 5. The van der Waals surface area contributed by atoms with E-state index in [9.17, 15) is 28.8 Å². The molecular formula is C32H42O12. The SMILES string of the molecule is COC(=O)[C@H]1OC(O[C@@H]2CC[C@@]3(C)C(=CC(=O)C4C3CC[C@]3(C)C(=O)CCC43)C2)[C@H](OC(C)=O)[C@@H](OC(C)=O)[C@@H]1OC(C)=O. The van der Waals surface area contributed by atoms with Crippen LogP contribution >= 0.6 is 0 Å². The molecule has 12 heteroatoms. The van der Waals surface area contributed by atoms with Crippen molar-refractivity contribution in [3.8, 4) is 0 Å². The van der Waals surface area contributed by atoms with E-state index in [-0.39, 0.29) is 34.7 Å². The van der Waals surface area contributed by atoms with Crippen LogP contribution in [0.1, 0.15) is 79.6 Å². The van der Waals surface area contributed by atoms with Gasteiger partial charge in [-0.25, -0.2) is 4.79 Å². The number of ketones is 2. The summed E-state index contributed by atoms with van der Waals surface area (Å²) >= 11 is 0. The molecule has 1 aliphatic heterocycles. The predicted octanol–water partition coefficient (Wildman–Crippen LogP) is 2.78. The van der Waals surface area contributed by atoms with Crippen LogP contribution in [-0.4, -0.2) is 79.4 Å². The Morgan fingerprint density at radius 3 is 2.05 bits per heavy atom. The van der Waals surface area contributed by atoms with Crippen molar-refractivity contribution >= 4 is 35.4 Å². The number of hydrogen-bond acceptors (Lipinski definition) is 12. The standard InChI is InChI=1S/C32H42O12/c1-15(33)40-25-26(41-16(2)34)28(42-17(3)35)30(44-27(25)29(38)39-6)43-19-9-11-31(4)18(13-19)14-22(36)24-20-7-8-23(37)32(20,5)12-10-21(24)31/h14,19-21,24-28,30H,7-13H2,1-6H3/t19-,20?,21?,24?,25+,26+,27+,28-,30?,31+,32+/m1/s1. The van der Waals surface area contributed by atoms with E-state index in [1.807, 2.05) is 6.92 Å². The second kappa shape index (κ2) is 12.0. The quantitative estimate of drug-likeness (QED) is 0.317. The number of carbonyl (C=O) groups excluding carboxylic acids is 6. The fourth-order valence-electron chi connectivity index (χ4n) is 8.64. The van der Waals surface area contributed by atoms with Gasteiger partial charge in [-0.3, -0.25) is 24.0 Å². The first kappa shape index (κ1) is 32.3. The molecule has 4 fully saturated rings. The Labute approximate surface area is 256 Å². The lowest BCUT2D eigenvalue weighted by Crippen LogP contribution is -2.64.